The number of nitro benzene ring substituents is 1. The van der Waals surface area contributed by atoms with Gasteiger partial charge in [-0.2, -0.15) is 5.26 Å². The molecule has 0 unspecified atom stereocenters. The van der Waals surface area contributed by atoms with Gasteiger partial charge in [0.25, 0.3) is 5.69 Å². The maximum Gasteiger partial charge on any atom is 0.276 e. The van der Waals surface area contributed by atoms with Gasteiger partial charge in [0.1, 0.15) is 16.8 Å². The molecule has 0 spiro atoms. The van der Waals surface area contributed by atoms with Crippen LogP contribution in [0.25, 0.3) is 11.6 Å². The van der Waals surface area contributed by atoms with Gasteiger partial charge in [-0.25, -0.2) is 4.98 Å². The maximum absolute atomic E-state index is 11.0. The van der Waals surface area contributed by atoms with Gasteiger partial charge in [-0.3, -0.25) is 10.1 Å². The molecule has 2 rings (SSSR count). The van der Waals surface area contributed by atoms with E-state index in [9.17, 15) is 20.5 Å². The highest BCUT2D eigenvalue weighted by Gasteiger charge is 2.15. The molecule has 112 valence electrons. The Hall–Kier alpha value is -2.72. The third kappa shape index (κ3) is 3.30. The molecule has 0 saturated heterocycles. The molecular weight excluding hydrogens is 302 g/mol. The Kier molecular flexibility index (Phi) is 4.53. The largest absolute Gasteiger partial charge is 0.508 e. The van der Waals surface area contributed by atoms with E-state index in [4.69, 9.17) is 0 Å². The molecule has 1 aromatic carbocycles. The van der Waals surface area contributed by atoms with Crippen molar-refractivity contribution in [1.29, 1.82) is 5.26 Å². The lowest BCUT2D eigenvalue weighted by Crippen LogP contribution is -1.92. The van der Waals surface area contributed by atoms with Gasteiger partial charge in [0.15, 0.2) is 0 Å². The number of nitriles is 1. The van der Waals surface area contributed by atoms with Crippen LogP contribution >= 0.6 is 11.3 Å². The first-order valence-corrected chi connectivity index (χ1v) is 7.35. The van der Waals surface area contributed by atoms with Crippen LogP contribution in [0.2, 0.25) is 0 Å². The number of benzene rings is 1. The predicted octanol–water partition coefficient (Wildman–Crippen LogP) is 3.94. The number of thiazole rings is 1. The minimum Gasteiger partial charge on any atom is -0.508 e. The van der Waals surface area contributed by atoms with Gasteiger partial charge >= 0.3 is 0 Å². The summed E-state index contributed by atoms with van der Waals surface area (Å²) in [6, 6.07) is 5.71. The molecule has 0 aliphatic rings. The van der Waals surface area contributed by atoms with E-state index in [0.29, 0.717) is 5.01 Å². The fraction of sp³-hybridized carbons (Fsp3) is 0.200. The van der Waals surface area contributed by atoms with Crippen molar-refractivity contribution in [3.63, 3.8) is 0 Å². The van der Waals surface area contributed by atoms with E-state index in [1.807, 2.05) is 25.3 Å². The minimum absolute atomic E-state index is 0.101. The monoisotopic (exact) mass is 315 g/mol. The number of hydrogen-bond acceptors (Lipinski definition) is 6. The average Bonchev–Trinajstić information content (AvgIpc) is 2.94. The molecule has 1 N–H and O–H groups in total. The van der Waals surface area contributed by atoms with E-state index in [1.165, 1.54) is 35.6 Å². The Morgan fingerprint density at radius 1 is 1.55 bits per heavy atom. The van der Waals surface area contributed by atoms with Gasteiger partial charge in [-0.1, -0.05) is 13.8 Å². The van der Waals surface area contributed by atoms with Crippen molar-refractivity contribution in [2.45, 2.75) is 19.8 Å². The molecule has 1 heterocycles. The van der Waals surface area contributed by atoms with Gasteiger partial charge in [-0.05, 0) is 24.1 Å². The second-order valence-electron chi connectivity index (χ2n) is 4.90. The molecule has 0 bridgehead atoms. The van der Waals surface area contributed by atoms with Crippen LogP contribution in [-0.2, 0) is 0 Å². The number of rotatable bonds is 4. The molecule has 22 heavy (non-hydrogen) atoms. The molecule has 0 atom stereocenters. The molecule has 0 radical (unpaired) electrons. The highest BCUT2D eigenvalue weighted by atomic mass is 32.1. The number of phenols is 1. The number of phenolic OH excluding ortho intramolecular Hbond substituents is 1. The molecule has 0 aliphatic carbocycles. The van der Waals surface area contributed by atoms with E-state index >= 15 is 0 Å². The number of allylic oxidation sites excluding steroid dienone is 1. The first kappa shape index (κ1) is 15.7. The molecule has 7 heteroatoms. The van der Waals surface area contributed by atoms with Crippen LogP contribution in [0.3, 0.4) is 0 Å². The lowest BCUT2D eigenvalue weighted by molar-refractivity contribution is -0.385. The maximum atomic E-state index is 11.0. The minimum atomic E-state index is -0.554. The van der Waals surface area contributed by atoms with Crippen LogP contribution in [0, 0.1) is 21.4 Å². The summed E-state index contributed by atoms with van der Waals surface area (Å²) in [5, 5.41) is 32.2. The zero-order valence-electron chi connectivity index (χ0n) is 12.0. The molecule has 1 aromatic heterocycles. The zero-order chi connectivity index (χ0) is 16.3. The average molecular weight is 315 g/mol. The first-order chi connectivity index (χ1) is 10.4. The Morgan fingerprint density at radius 3 is 2.82 bits per heavy atom. The quantitative estimate of drug-likeness (QED) is 0.523. The van der Waals surface area contributed by atoms with Crippen LogP contribution in [0.5, 0.6) is 5.75 Å². The number of hydrogen-bond donors (Lipinski definition) is 1. The molecule has 0 fully saturated rings. The first-order valence-electron chi connectivity index (χ1n) is 6.47. The summed E-state index contributed by atoms with van der Waals surface area (Å²) >= 11 is 1.31. The summed E-state index contributed by atoms with van der Waals surface area (Å²) in [5.41, 5.74) is 1.09. The summed E-state index contributed by atoms with van der Waals surface area (Å²) in [6.07, 6.45) is 1.38. The fourth-order valence-electron chi connectivity index (χ4n) is 1.80. The number of aromatic hydroxyl groups is 1. The van der Waals surface area contributed by atoms with Crippen molar-refractivity contribution in [3.05, 3.63) is 50.0 Å². The van der Waals surface area contributed by atoms with Crippen molar-refractivity contribution < 1.29 is 10.0 Å². The summed E-state index contributed by atoms with van der Waals surface area (Å²) in [4.78, 5) is 14.8. The Balaban J connectivity index is 2.51. The van der Waals surface area contributed by atoms with Crippen molar-refractivity contribution in [2.75, 3.05) is 0 Å². The number of aromatic nitrogens is 1. The van der Waals surface area contributed by atoms with Crippen LogP contribution in [0.1, 0.15) is 36.0 Å². The Morgan fingerprint density at radius 2 is 2.27 bits per heavy atom. The van der Waals surface area contributed by atoms with E-state index in [0.717, 1.165) is 5.69 Å². The smallest absolute Gasteiger partial charge is 0.276 e. The predicted molar refractivity (Wildman–Crippen MR) is 84.4 cm³/mol. The second-order valence-corrected chi connectivity index (χ2v) is 5.76. The van der Waals surface area contributed by atoms with Gasteiger partial charge in [0.2, 0.25) is 0 Å². The van der Waals surface area contributed by atoms with Crippen molar-refractivity contribution in [3.8, 4) is 11.8 Å². The normalized spacial score (nSPS) is 11.5. The fourth-order valence-corrected chi connectivity index (χ4v) is 2.74. The summed E-state index contributed by atoms with van der Waals surface area (Å²) in [5.74, 6) is 0.135. The van der Waals surface area contributed by atoms with E-state index in [2.05, 4.69) is 4.98 Å². The van der Waals surface area contributed by atoms with Crippen LogP contribution in [0.15, 0.2) is 23.6 Å². The highest BCUT2D eigenvalue weighted by molar-refractivity contribution is 7.11. The van der Waals surface area contributed by atoms with Gasteiger partial charge in [0, 0.05) is 11.4 Å². The Labute approximate surface area is 131 Å². The summed E-state index contributed by atoms with van der Waals surface area (Å²) < 4.78 is 0. The summed E-state index contributed by atoms with van der Waals surface area (Å²) in [6.45, 7) is 3.99. The van der Waals surface area contributed by atoms with E-state index in [1.54, 1.807) is 0 Å². The zero-order valence-corrected chi connectivity index (χ0v) is 12.8. The van der Waals surface area contributed by atoms with Crippen molar-refractivity contribution in [2.24, 2.45) is 0 Å². The molecule has 0 aliphatic heterocycles. The molecule has 6 nitrogen and oxygen atoms in total. The SMILES string of the molecule is CC(C)c1csc(C(C#N)=Cc2cc(O)ccc2[N+](=O)[O-])n1. The van der Waals surface area contributed by atoms with E-state index < -0.39 is 4.92 Å². The summed E-state index contributed by atoms with van der Waals surface area (Å²) in [7, 11) is 0. The molecule has 2 aromatic rings. The lowest BCUT2D eigenvalue weighted by Gasteiger charge is -2.00. The third-order valence-corrected chi connectivity index (χ3v) is 3.87. The van der Waals surface area contributed by atoms with Gasteiger partial charge < -0.3 is 5.11 Å². The van der Waals surface area contributed by atoms with E-state index in [-0.39, 0.29) is 28.5 Å². The molecule has 0 saturated carbocycles. The van der Waals surface area contributed by atoms with Crippen LogP contribution < -0.4 is 0 Å². The Bertz CT molecular complexity index is 788. The molecule has 0 amide bonds. The van der Waals surface area contributed by atoms with Crippen LogP contribution in [-0.4, -0.2) is 15.0 Å². The topological polar surface area (TPSA) is 100 Å². The van der Waals surface area contributed by atoms with Crippen molar-refractivity contribution >= 4 is 28.7 Å². The van der Waals surface area contributed by atoms with Gasteiger partial charge in [0.05, 0.1) is 21.8 Å². The van der Waals surface area contributed by atoms with Gasteiger partial charge in [-0.15, -0.1) is 11.3 Å². The third-order valence-electron chi connectivity index (χ3n) is 2.97. The van der Waals surface area contributed by atoms with Crippen molar-refractivity contribution in [1.82, 2.24) is 4.98 Å². The highest BCUT2D eigenvalue weighted by Crippen LogP contribution is 2.29. The number of nitro groups is 1. The standard InChI is InChI=1S/C15H13N3O3S/c1-9(2)13-8-22-15(17-13)11(7-16)5-10-6-12(19)3-4-14(10)18(20)21/h3-6,8-9,19H,1-2H3. The lowest BCUT2D eigenvalue weighted by atomic mass is 10.1. The second kappa shape index (κ2) is 6.37. The molecular formula is C15H13N3O3S. The number of nitrogens with zero attached hydrogens (tertiary/aromatic N) is 3. The van der Waals surface area contributed by atoms with Crippen LogP contribution in [0.4, 0.5) is 5.69 Å².